The monoisotopic (exact) mass is 370 g/mol. The summed E-state index contributed by atoms with van der Waals surface area (Å²) >= 11 is 5.40. The van der Waals surface area contributed by atoms with Gasteiger partial charge in [-0.25, -0.2) is 4.98 Å². The molecule has 0 atom stereocenters. The molecule has 0 bridgehead atoms. The van der Waals surface area contributed by atoms with Gasteiger partial charge in [-0.1, -0.05) is 42.5 Å². The van der Waals surface area contributed by atoms with Crippen LogP contribution in [0.4, 0.5) is 0 Å². The van der Waals surface area contributed by atoms with E-state index in [1.165, 1.54) is 0 Å². The zero-order valence-corrected chi connectivity index (χ0v) is 17.6. The second-order valence-electron chi connectivity index (χ2n) is 5.68. The van der Waals surface area contributed by atoms with Gasteiger partial charge in [-0.3, -0.25) is 5.10 Å². The SMILES string of the molecule is COc1ccc(-n2c(-c3ccc4ccccc4n3)n[n-]c2=S)c(C)c1.[Na+]. The Hall–Kier alpha value is -1.99. The Morgan fingerprint density at radius 1 is 1.08 bits per heavy atom. The van der Waals surface area contributed by atoms with Gasteiger partial charge in [0.05, 0.1) is 24.1 Å². The molecule has 26 heavy (non-hydrogen) atoms. The largest absolute Gasteiger partial charge is 1.00 e. The Kier molecular flexibility index (Phi) is 5.58. The van der Waals surface area contributed by atoms with Gasteiger partial charge >= 0.3 is 29.6 Å². The van der Waals surface area contributed by atoms with Gasteiger partial charge in [0.25, 0.3) is 0 Å². The number of pyridine rings is 1. The maximum atomic E-state index is 5.40. The van der Waals surface area contributed by atoms with Crippen LogP contribution in [0.25, 0.3) is 28.1 Å². The van der Waals surface area contributed by atoms with E-state index in [9.17, 15) is 0 Å². The second-order valence-corrected chi connectivity index (χ2v) is 6.05. The minimum Gasteiger partial charge on any atom is -0.497 e. The van der Waals surface area contributed by atoms with Gasteiger partial charge in [-0.2, -0.15) is 0 Å². The van der Waals surface area contributed by atoms with Gasteiger partial charge in [0.2, 0.25) is 0 Å². The number of hydrogen-bond donors (Lipinski definition) is 0. The molecule has 4 rings (SSSR count). The fourth-order valence-corrected chi connectivity index (χ4v) is 3.08. The first-order valence-corrected chi connectivity index (χ1v) is 8.22. The third-order valence-electron chi connectivity index (χ3n) is 4.11. The summed E-state index contributed by atoms with van der Waals surface area (Å²) in [6, 6.07) is 17.8. The van der Waals surface area contributed by atoms with E-state index in [0.29, 0.717) is 10.6 Å². The number of ether oxygens (including phenoxy) is 1. The molecule has 0 N–H and O–H groups in total. The minimum atomic E-state index is 0. The number of methoxy groups -OCH3 is 1. The van der Waals surface area contributed by atoms with Gasteiger partial charge in [0.1, 0.15) is 5.75 Å². The third-order valence-corrected chi connectivity index (χ3v) is 4.37. The van der Waals surface area contributed by atoms with Crippen LogP contribution in [0.3, 0.4) is 0 Å². The Morgan fingerprint density at radius 2 is 1.88 bits per heavy atom. The third kappa shape index (κ3) is 3.33. The number of fused-ring (bicyclic) bond motifs is 1. The van der Waals surface area contributed by atoms with Crippen LogP contribution in [0.15, 0.2) is 54.6 Å². The number of nitrogens with zero attached hydrogens (tertiary/aromatic N) is 4. The smallest absolute Gasteiger partial charge is 0.497 e. The summed E-state index contributed by atoms with van der Waals surface area (Å²) in [6.45, 7) is 2.00. The van der Waals surface area contributed by atoms with Gasteiger partial charge in [-0.05, 0) is 42.4 Å². The fraction of sp³-hybridized carbons (Fsp3) is 0.105. The van der Waals surface area contributed by atoms with E-state index in [1.54, 1.807) is 7.11 Å². The van der Waals surface area contributed by atoms with Crippen LogP contribution in [0.1, 0.15) is 5.56 Å². The molecule has 0 saturated carbocycles. The first kappa shape index (κ1) is 18.8. The van der Waals surface area contributed by atoms with Crippen LogP contribution in [0.5, 0.6) is 5.75 Å². The van der Waals surface area contributed by atoms with E-state index in [4.69, 9.17) is 21.9 Å². The first-order valence-electron chi connectivity index (χ1n) is 7.81. The van der Waals surface area contributed by atoms with Crippen molar-refractivity contribution in [3.8, 4) is 23.0 Å². The summed E-state index contributed by atoms with van der Waals surface area (Å²) < 4.78 is 7.53. The molecule has 2 aromatic heterocycles. The van der Waals surface area contributed by atoms with Crippen molar-refractivity contribution in [2.45, 2.75) is 6.92 Å². The molecule has 0 unspecified atom stereocenters. The van der Waals surface area contributed by atoms with Crippen molar-refractivity contribution >= 4 is 23.1 Å². The second kappa shape index (κ2) is 7.72. The van der Waals surface area contributed by atoms with Crippen LogP contribution >= 0.6 is 12.2 Å². The molecule has 7 heteroatoms. The molecule has 4 aromatic rings. The Labute approximate surface area is 178 Å². The average Bonchev–Trinajstić information content (AvgIpc) is 3.02. The van der Waals surface area contributed by atoms with Crippen molar-refractivity contribution in [3.63, 3.8) is 0 Å². The van der Waals surface area contributed by atoms with Crippen molar-refractivity contribution < 1.29 is 34.3 Å². The average molecular weight is 370 g/mol. The topological polar surface area (TPSA) is 54.0 Å². The van der Waals surface area contributed by atoms with Gasteiger partial charge in [0.15, 0.2) is 0 Å². The molecule has 0 aliphatic rings. The summed E-state index contributed by atoms with van der Waals surface area (Å²) in [4.78, 5) is 4.71. The van der Waals surface area contributed by atoms with E-state index < -0.39 is 0 Å². The molecule has 0 radical (unpaired) electrons. The first-order chi connectivity index (χ1) is 12.2. The molecule has 0 saturated heterocycles. The molecule has 2 heterocycles. The predicted octanol–water partition coefficient (Wildman–Crippen LogP) is 1.10. The van der Waals surface area contributed by atoms with E-state index >= 15 is 0 Å². The van der Waals surface area contributed by atoms with Gasteiger partial charge < -0.3 is 14.4 Å². The Bertz CT molecular complexity index is 1140. The molecule has 0 spiro atoms. The molecule has 0 aliphatic carbocycles. The number of hydrogen-bond acceptors (Lipinski definition) is 4. The molecule has 124 valence electrons. The molecule has 0 aliphatic heterocycles. The summed E-state index contributed by atoms with van der Waals surface area (Å²) in [5.41, 5.74) is 3.58. The fourth-order valence-electron chi connectivity index (χ4n) is 2.85. The molecule has 0 fully saturated rings. The zero-order chi connectivity index (χ0) is 17.4. The number of aromatic nitrogens is 4. The van der Waals surface area contributed by atoms with Crippen molar-refractivity contribution in [3.05, 3.63) is 64.9 Å². The van der Waals surface area contributed by atoms with Crippen LogP contribution in [-0.4, -0.2) is 21.8 Å². The van der Waals surface area contributed by atoms with Crippen LogP contribution in [0.2, 0.25) is 0 Å². The minimum absolute atomic E-state index is 0. The number of rotatable bonds is 3. The molecule has 2 aromatic carbocycles. The van der Waals surface area contributed by atoms with E-state index in [1.807, 2.05) is 66.1 Å². The van der Waals surface area contributed by atoms with Crippen LogP contribution in [0, 0.1) is 11.7 Å². The summed E-state index contributed by atoms with van der Waals surface area (Å²) in [7, 11) is 1.65. The summed E-state index contributed by atoms with van der Waals surface area (Å²) in [5.74, 6) is 1.43. The van der Waals surface area contributed by atoms with Crippen molar-refractivity contribution in [2.75, 3.05) is 7.11 Å². The molecule has 0 amide bonds. The van der Waals surface area contributed by atoms with Crippen LogP contribution in [-0.2, 0) is 0 Å². The normalized spacial score (nSPS) is 10.5. The standard InChI is InChI=1S/C19H16N4OS.Na/c1-12-11-14(24-2)8-10-17(12)23-18(21-22-19(23)25)16-9-7-13-5-3-4-6-15(13)20-16;/h3-11H,1-2H3,(H,20,22,25);/q;+1/p-1. The zero-order valence-electron chi connectivity index (χ0n) is 14.8. The molecule has 5 nitrogen and oxygen atoms in total. The number of aryl methyl sites for hydroxylation is 1. The number of para-hydroxylation sites is 1. The van der Waals surface area contributed by atoms with Crippen molar-refractivity contribution in [2.24, 2.45) is 0 Å². The maximum absolute atomic E-state index is 5.40. The van der Waals surface area contributed by atoms with E-state index in [0.717, 1.165) is 33.6 Å². The summed E-state index contributed by atoms with van der Waals surface area (Å²) in [6.07, 6.45) is 0. The van der Waals surface area contributed by atoms with E-state index in [2.05, 4.69) is 10.2 Å². The van der Waals surface area contributed by atoms with Gasteiger partial charge in [0, 0.05) is 10.2 Å². The van der Waals surface area contributed by atoms with Crippen LogP contribution < -0.4 is 39.4 Å². The molecular weight excluding hydrogens is 355 g/mol. The molecular formula is C19H15N4NaOS. The van der Waals surface area contributed by atoms with Gasteiger partial charge in [-0.15, -0.1) is 0 Å². The predicted molar refractivity (Wildman–Crippen MR) is 99.7 cm³/mol. The Morgan fingerprint density at radius 3 is 2.65 bits per heavy atom. The van der Waals surface area contributed by atoms with E-state index in [-0.39, 0.29) is 29.6 Å². The number of benzene rings is 2. The summed E-state index contributed by atoms with van der Waals surface area (Å²) in [5, 5.41) is 9.44. The Balaban J connectivity index is 0.00000196. The van der Waals surface area contributed by atoms with Crippen molar-refractivity contribution in [1.82, 2.24) is 19.7 Å². The maximum Gasteiger partial charge on any atom is 1.00 e. The van der Waals surface area contributed by atoms with Crippen molar-refractivity contribution in [1.29, 1.82) is 0 Å². The quantitative estimate of drug-likeness (QED) is 0.399.